The molecule has 0 bridgehead atoms. The van der Waals surface area contributed by atoms with Crippen LogP contribution in [0.4, 0.5) is 14.5 Å². The van der Waals surface area contributed by atoms with E-state index >= 15 is 0 Å². The van der Waals surface area contributed by atoms with Crippen molar-refractivity contribution in [1.29, 1.82) is 5.26 Å². The number of anilines is 1. The van der Waals surface area contributed by atoms with Gasteiger partial charge in [0.2, 0.25) is 0 Å². The SMILES string of the molecule is CC(C)c1cc(F)cc(C(C)C)c1N.CC(C)c1cc(F)cc(C(C)C)c1OC#N. The Balaban J connectivity index is 0.000000303. The fourth-order valence-electron chi connectivity index (χ4n) is 3.27. The average Bonchev–Trinajstić information content (AvgIpc) is 2.64. The van der Waals surface area contributed by atoms with Gasteiger partial charge >= 0.3 is 0 Å². The highest BCUT2D eigenvalue weighted by Crippen LogP contribution is 2.35. The minimum Gasteiger partial charge on any atom is -0.398 e. The Kier molecular flexibility index (Phi) is 9.29. The molecule has 3 nitrogen and oxygen atoms in total. The van der Waals surface area contributed by atoms with E-state index in [-0.39, 0.29) is 35.3 Å². The Morgan fingerprint density at radius 1 is 0.700 bits per heavy atom. The van der Waals surface area contributed by atoms with Gasteiger partial charge in [0.05, 0.1) is 0 Å². The third kappa shape index (κ3) is 6.45. The molecule has 0 saturated heterocycles. The van der Waals surface area contributed by atoms with Crippen LogP contribution in [0.3, 0.4) is 0 Å². The molecule has 2 aromatic carbocycles. The van der Waals surface area contributed by atoms with Crippen molar-refractivity contribution in [3.63, 3.8) is 0 Å². The zero-order valence-corrected chi connectivity index (χ0v) is 19.3. The van der Waals surface area contributed by atoms with E-state index in [1.165, 1.54) is 24.3 Å². The summed E-state index contributed by atoms with van der Waals surface area (Å²) in [4.78, 5) is 0. The fraction of sp³-hybridized carbons (Fsp3) is 0.480. The van der Waals surface area contributed by atoms with Crippen LogP contribution in [0.5, 0.6) is 5.75 Å². The summed E-state index contributed by atoms with van der Waals surface area (Å²) in [6.45, 7) is 15.9. The van der Waals surface area contributed by atoms with Gasteiger partial charge in [-0.05, 0) is 59.1 Å². The van der Waals surface area contributed by atoms with Gasteiger partial charge in [-0.3, -0.25) is 0 Å². The number of benzene rings is 2. The highest BCUT2D eigenvalue weighted by molar-refractivity contribution is 5.56. The number of rotatable bonds is 5. The van der Waals surface area contributed by atoms with Crippen LogP contribution in [0, 0.1) is 23.2 Å². The van der Waals surface area contributed by atoms with Crippen LogP contribution in [0.2, 0.25) is 0 Å². The van der Waals surface area contributed by atoms with E-state index in [1.54, 1.807) is 6.26 Å². The largest absolute Gasteiger partial charge is 0.398 e. The summed E-state index contributed by atoms with van der Waals surface area (Å²) in [6, 6.07) is 5.93. The van der Waals surface area contributed by atoms with Crippen molar-refractivity contribution in [2.24, 2.45) is 0 Å². The van der Waals surface area contributed by atoms with Gasteiger partial charge in [-0.1, -0.05) is 55.4 Å². The lowest BCUT2D eigenvalue weighted by atomic mass is 9.93. The van der Waals surface area contributed by atoms with Crippen molar-refractivity contribution in [3.8, 4) is 12.0 Å². The molecule has 0 atom stereocenters. The van der Waals surface area contributed by atoms with E-state index in [0.29, 0.717) is 5.75 Å². The van der Waals surface area contributed by atoms with E-state index in [9.17, 15) is 8.78 Å². The van der Waals surface area contributed by atoms with Crippen LogP contribution < -0.4 is 10.5 Å². The molecule has 5 heteroatoms. The molecule has 0 heterocycles. The minimum atomic E-state index is -0.280. The zero-order valence-electron chi connectivity index (χ0n) is 19.3. The third-order valence-corrected chi connectivity index (χ3v) is 4.96. The van der Waals surface area contributed by atoms with Gasteiger partial charge in [-0.25, -0.2) is 8.78 Å². The average molecular weight is 417 g/mol. The van der Waals surface area contributed by atoms with Crippen molar-refractivity contribution in [2.45, 2.75) is 79.1 Å². The Labute approximate surface area is 179 Å². The van der Waals surface area contributed by atoms with E-state index in [4.69, 9.17) is 15.7 Å². The molecule has 0 aliphatic heterocycles. The number of ether oxygens (including phenoxy) is 1. The number of nitrogens with zero attached hydrogens (tertiary/aromatic N) is 1. The molecular weight excluding hydrogens is 382 g/mol. The van der Waals surface area contributed by atoms with E-state index in [1.807, 2.05) is 55.4 Å². The molecule has 0 aliphatic carbocycles. The van der Waals surface area contributed by atoms with E-state index in [0.717, 1.165) is 27.9 Å². The molecule has 0 saturated carbocycles. The van der Waals surface area contributed by atoms with Gasteiger partial charge in [0.15, 0.2) is 0 Å². The molecule has 2 aromatic rings. The van der Waals surface area contributed by atoms with Gasteiger partial charge < -0.3 is 10.5 Å². The monoisotopic (exact) mass is 416 g/mol. The maximum atomic E-state index is 13.4. The lowest BCUT2D eigenvalue weighted by molar-refractivity contribution is 0.481. The van der Waals surface area contributed by atoms with Crippen LogP contribution in [0.15, 0.2) is 24.3 Å². The summed E-state index contributed by atoms with van der Waals surface area (Å²) in [5, 5.41) is 8.64. The molecule has 0 radical (unpaired) electrons. The summed E-state index contributed by atoms with van der Waals surface area (Å²) in [7, 11) is 0. The summed E-state index contributed by atoms with van der Waals surface area (Å²) in [6.07, 6.45) is 1.67. The molecule has 30 heavy (non-hydrogen) atoms. The summed E-state index contributed by atoms with van der Waals surface area (Å²) < 4.78 is 31.7. The Morgan fingerprint density at radius 3 is 1.27 bits per heavy atom. The summed E-state index contributed by atoms with van der Waals surface area (Å²) in [5.74, 6) is 0.817. The van der Waals surface area contributed by atoms with Crippen LogP contribution >= 0.6 is 0 Å². The van der Waals surface area contributed by atoms with Crippen molar-refractivity contribution < 1.29 is 13.5 Å². The van der Waals surface area contributed by atoms with E-state index in [2.05, 4.69) is 0 Å². The second-order valence-corrected chi connectivity index (χ2v) is 8.72. The van der Waals surface area contributed by atoms with Gasteiger partial charge in [0.25, 0.3) is 6.26 Å². The number of halogens is 2. The highest BCUT2D eigenvalue weighted by atomic mass is 19.1. The maximum absolute atomic E-state index is 13.4. The molecule has 0 aromatic heterocycles. The molecule has 0 unspecified atom stereocenters. The van der Waals surface area contributed by atoms with Gasteiger partial charge in [0.1, 0.15) is 17.4 Å². The maximum Gasteiger partial charge on any atom is 0.292 e. The molecule has 164 valence electrons. The second-order valence-electron chi connectivity index (χ2n) is 8.72. The molecule has 2 N–H and O–H groups in total. The quantitative estimate of drug-likeness (QED) is 0.403. The van der Waals surface area contributed by atoms with Crippen LogP contribution in [0.25, 0.3) is 0 Å². The standard InChI is InChI=1S/C13H16FNO.C12H18FN/c1-8(2)11-5-10(14)6-12(9(3)4)13(11)16-7-15;1-7(2)10-5-9(13)6-11(8(3)4)12(10)14/h5-6,8-9H,1-4H3;5-8H,14H2,1-4H3. The first-order valence-corrected chi connectivity index (χ1v) is 10.4. The number of hydrogen-bond donors (Lipinski definition) is 1. The third-order valence-electron chi connectivity index (χ3n) is 4.96. The minimum absolute atomic E-state index is 0.122. The van der Waals surface area contributed by atoms with Crippen molar-refractivity contribution >= 4 is 5.69 Å². The van der Waals surface area contributed by atoms with Gasteiger partial charge in [-0.2, -0.15) is 0 Å². The molecule has 0 fully saturated rings. The van der Waals surface area contributed by atoms with Gasteiger partial charge in [0, 0.05) is 16.8 Å². The van der Waals surface area contributed by atoms with Crippen molar-refractivity contribution in [1.82, 2.24) is 0 Å². The van der Waals surface area contributed by atoms with Gasteiger partial charge in [-0.15, -0.1) is 5.26 Å². The fourth-order valence-corrected chi connectivity index (χ4v) is 3.27. The topological polar surface area (TPSA) is 59.0 Å². The van der Waals surface area contributed by atoms with Crippen molar-refractivity contribution in [3.05, 3.63) is 58.2 Å². The number of nitrogen functional groups attached to an aromatic ring is 1. The Bertz CT molecular complexity index is 838. The Hall–Kier alpha value is -2.61. The van der Waals surface area contributed by atoms with Crippen LogP contribution in [-0.2, 0) is 0 Å². The summed E-state index contributed by atoms with van der Waals surface area (Å²) in [5.41, 5.74) is 10.0. The van der Waals surface area contributed by atoms with E-state index < -0.39 is 0 Å². The lowest BCUT2D eigenvalue weighted by Crippen LogP contribution is -2.04. The first-order valence-electron chi connectivity index (χ1n) is 10.4. The molecule has 2 rings (SSSR count). The second kappa shape index (κ2) is 11.0. The van der Waals surface area contributed by atoms with Crippen LogP contribution in [-0.4, -0.2) is 0 Å². The number of hydrogen-bond acceptors (Lipinski definition) is 3. The predicted molar refractivity (Wildman–Crippen MR) is 120 cm³/mol. The zero-order chi connectivity index (χ0) is 23.2. The summed E-state index contributed by atoms with van der Waals surface area (Å²) >= 11 is 0. The lowest BCUT2D eigenvalue weighted by Gasteiger charge is -2.16. The first-order chi connectivity index (χ1) is 13.9. The first kappa shape index (κ1) is 25.4. The van der Waals surface area contributed by atoms with Crippen molar-refractivity contribution in [2.75, 3.05) is 5.73 Å². The molecule has 0 amide bonds. The molecular formula is C25H34F2N2O. The highest BCUT2D eigenvalue weighted by Gasteiger charge is 2.17. The smallest absolute Gasteiger partial charge is 0.292 e. The predicted octanol–water partition coefficient (Wildman–Crippen LogP) is 7.59. The normalized spacial score (nSPS) is 11.0. The molecule has 0 aliphatic rings. The number of nitrogens with two attached hydrogens (primary N) is 1. The Morgan fingerprint density at radius 2 is 1.00 bits per heavy atom. The number of nitriles is 1. The molecule has 0 spiro atoms. The van der Waals surface area contributed by atoms with Crippen LogP contribution in [0.1, 0.15) is 101 Å².